The first-order valence-corrected chi connectivity index (χ1v) is 2.38. The minimum Gasteiger partial charge on any atom is -0.197 e. The van der Waals surface area contributed by atoms with Crippen LogP contribution in [0.3, 0.4) is 0 Å². The molecule has 0 aromatic carbocycles. The lowest BCUT2D eigenvalue weighted by Crippen LogP contribution is -1.84. The average Bonchev–Trinajstić information content (AvgIpc) is 2.46. The highest BCUT2D eigenvalue weighted by molar-refractivity contribution is 5.19. The summed E-state index contributed by atoms with van der Waals surface area (Å²) in [6.45, 7) is 3.54. The molecular weight excluding hydrogens is 86.1 g/mol. The minimum absolute atomic E-state index is 0.0972. The second-order valence-corrected chi connectivity index (χ2v) is 1.97. The first-order chi connectivity index (χ1) is 3.33. The van der Waals surface area contributed by atoms with Crippen molar-refractivity contribution in [3.05, 3.63) is 12.7 Å². The predicted octanol–water partition coefficient (Wildman–Crippen LogP) is 1.48. The van der Waals surface area contributed by atoms with Gasteiger partial charge in [0.05, 0.1) is 11.5 Å². The number of nitriles is 1. The van der Waals surface area contributed by atoms with E-state index < -0.39 is 0 Å². The first-order valence-electron chi connectivity index (χ1n) is 2.38. The van der Waals surface area contributed by atoms with E-state index in [-0.39, 0.29) is 5.41 Å². The molecule has 1 rings (SSSR count). The van der Waals surface area contributed by atoms with E-state index >= 15 is 0 Å². The molecule has 7 heavy (non-hydrogen) atoms. The lowest BCUT2D eigenvalue weighted by Gasteiger charge is -1.87. The third-order valence-electron chi connectivity index (χ3n) is 1.40. The van der Waals surface area contributed by atoms with E-state index in [2.05, 4.69) is 12.6 Å². The van der Waals surface area contributed by atoms with Gasteiger partial charge >= 0.3 is 0 Å². The van der Waals surface area contributed by atoms with Crippen LogP contribution >= 0.6 is 0 Å². The number of hydrogen-bond acceptors (Lipinski definition) is 1. The maximum atomic E-state index is 8.34. The third kappa shape index (κ3) is 0.521. The van der Waals surface area contributed by atoms with Crippen molar-refractivity contribution in [2.45, 2.75) is 12.8 Å². The van der Waals surface area contributed by atoms with Gasteiger partial charge in [-0.2, -0.15) is 5.26 Å². The molecule has 0 saturated heterocycles. The highest BCUT2D eigenvalue weighted by Gasteiger charge is 2.39. The molecule has 0 heterocycles. The van der Waals surface area contributed by atoms with Gasteiger partial charge in [0, 0.05) is 0 Å². The third-order valence-corrected chi connectivity index (χ3v) is 1.40. The lowest BCUT2D eigenvalue weighted by molar-refractivity contribution is 0.880. The van der Waals surface area contributed by atoms with Crippen LogP contribution in [0.5, 0.6) is 0 Å². The Kier molecular flexibility index (Phi) is 0.689. The molecule has 0 bridgehead atoms. The van der Waals surface area contributed by atoms with E-state index in [9.17, 15) is 0 Å². The summed E-state index contributed by atoms with van der Waals surface area (Å²) in [5.41, 5.74) is -0.0972. The summed E-state index contributed by atoms with van der Waals surface area (Å²) in [5, 5.41) is 8.34. The van der Waals surface area contributed by atoms with Crippen LogP contribution in [-0.4, -0.2) is 0 Å². The van der Waals surface area contributed by atoms with Crippen molar-refractivity contribution < 1.29 is 0 Å². The van der Waals surface area contributed by atoms with Crippen LogP contribution in [-0.2, 0) is 0 Å². The largest absolute Gasteiger partial charge is 0.197 e. The molecule has 0 aliphatic heterocycles. The zero-order valence-corrected chi connectivity index (χ0v) is 4.15. The molecule has 1 fully saturated rings. The Morgan fingerprint density at radius 3 is 2.29 bits per heavy atom. The highest BCUT2D eigenvalue weighted by Crippen LogP contribution is 2.45. The Labute approximate surface area is 43.3 Å². The summed E-state index contributed by atoms with van der Waals surface area (Å²) in [6, 6.07) is 2.18. The Morgan fingerprint density at radius 2 is 2.29 bits per heavy atom. The van der Waals surface area contributed by atoms with Crippen LogP contribution < -0.4 is 0 Å². The van der Waals surface area contributed by atoms with Gasteiger partial charge in [-0.3, -0.25) is 0 Å². The predicted molar refractivity (Wildman–Crippen MR) is 27.5 cm³/mol. The van der Waals surface area contributed by atoms with Crippen LogP contribution in [0.2, 0.25) is 0 Å². The maximum Gasteiger partial charge on any atom is 0.0752 e. The van der Waals surface area contributed by atoms with Crippen molar-refractivity contribution in [3.8, 4) is 6.07 Å². The number of hydrogen-bond donors (Lipinski definition) is 0. The zero-order chi connectivity index (χ0) is 5.33. The van der Waals surface area contributed by atoms with Gasteiger partial charge in [0.25, 0.3) is 0 Å². The van der Waals surface area contributed by atoms with Crippen molar-refractivity contribution in [3.63, 3.8) is 0 Å². The van der Waals surface area contributed by atoms with Gasteiger partial charge in [-0.1, -0.05) is 6.08 Å². The number of nitrogens with zero attached hydrogens (tertiary/aromatic N) is 1. The Balaban J connectivity index is 2.64. The smallest absolute Gasteiger partial charge is 0.0752 e. The molecule has 0 radical (unpaired) electrons. The Bertz CT molecular complexity index is 126. The van der Waals surface area contributed by atoms with Gasteiger partial charge in [0.1, 0.15) is 0 Å². The second kappa shape index (κ2) is 1.10. The average molecular weight is 93.1 g/mol. The van der Waals surface area contributed by atoms with Crippen molar-refractivity contribution >= 4 is 0 Å². The molecule has 0 atom stereocenters. The van der Waals surface area contributed by atoms with Gasteiger partial charge in [-0.05, 0) is 12.8 Å². The van der Waals surface area contributed by atoms with Crippen LogP contribution in [0.15, 0.2) is 12.7 Å². The highest BCUT2D eigenvalue weighted by atomic mass is 14.5. The van der Waals surface area contributed by atoms with Crippen LogP contribution in [0.25, 0.3) is 0 Å². The molecular formula is C6H7N. The van der Waals surface area contributed by atoms with Gasteiger partial charge < -0.3 is 0 Å². The van der Waals surface area contributed by atoms with Crippen molar-refractivity contribution in [1.29, 1.82) is 5.26 Å². The molecule has 0 unspecified atom stereocenters. The van der Waals surface area contributed by atoms with Crippen molar-refractivity contribution in [2.24, 2.45) is 5.41 Å². The lowest BCUT2D eigenvalue weighted by atomic mass is 10.1. The molecule has 1 nitrogen and oxygen atoms in total. The van der Waals surface area contributed by atoms with E-state index in [0.29, 0.717) is 0 Å². The first kappa shape index (κ1) is 4.39. The molecule has 1 aliphatic carbocycles. The second-order valence-electron chi connectivity index (χ2n) is 1.97. The van der Waals surface area contributed by atoms with Gasteiger partial charge in [-0.15, -0.1) is 6.58 Å². The summed E-state index contributed by atoms with van der Waals surface area (Å²) in [6.07, 6.45) is 3.78. The molecule has 0 amide bonds. The SMILES string of the molecule is C=CC1(C#N)CC1. The minimum atomic E-state index is -0.0972. The Morgan fingerprint density at radius 1 is 1.71 bits per heavy atom. The molecule has 1 saturated carbocycles. The maximum absolute atomic E-state index is 8.34. The van der Waals surface area contributed by atoms with E-state index in [4.69, 9.17) is 5.26 Å². The molecule has 0 aromatic rings. The number of rotatable bonds is 1. The van der Waals surface area contributed by atoms with Crippen molar-refractivity contribution in [2.75, 3.05) is 0 Å². The summed E-state index contributed by atoms with van der Waals surface area (Å²) in [4.78, 5) is 0. The fourth-order valence-electron chi connectivity index (χ4n) is 0.496. The number of allylic oxidation sites excluding steroid dienone is 1. The molecule has 0 N–H and O–H groups in total. The quantitative estimate of drug-likeness (QED) is 0.450. The fraction of sp³-hybridized carbons (Fsp3) is 0.500. The summed E-state index contributed by atoms with van der Waals surface area (Å²) < 4.78 is 0. The topological polar surface area (TPSA) is 23.8 Å². The fourth-order valence-corrected chi connectivity index (χ4v) is 0.496. The van der Waals surface area contributed by atoms with Gasteiger partial charge in [-0.25, -0.2) is 0 Å². The van der Waals surface area contributed by atoms with Gasteiger partial charge in [0.15, 0.2) is 0 Å². The van der Waals surface area contributed by atoms with Gasteiger partial charge in [0.2, 0.25) is 0 Å². The van der Waals surface area contributed by atoms with Crippen LogP contribution in [0.1, 0.15) is 12.8 Å². The van der Waals surface area contributed by atoms with Crippen molar-refractivity contribution in [1.82, 2.24) is 0 Å². The van der Waals surface area contributed by atoms with Crippen LogP contribution in [0.4, 0.5) is 0 Å². The van der Waals surface area contributed by atoms with E-state index in [1.165, 1.54) is 0 Å². The van der Waals surface area contributed by atoms with E-state index in [1.807, 2.05) is 0 Å². The molecule has 0 spiro atoms. The molecule has 1 aliphatic rings. The molecule has 36 valence electrons. The summed E-state index contributed by atoms with van der Waals surface area (Å²) >= 11 is 0. The zero-order valence-electron chi connectivity index (χ0n) is 4.15. The normalized spacial score (nSPS) is 22.7. The van der Waals surface area contributed by atoms with E-state index in [0.717, 1.165) is 12.8 Å². The summed E-state index contributed by atoms with van der Waals surface area (Å²) in [7, 11) is 0. The molecule has 1 heteroatoms. The Hall–Kier alpha value is -0.770. The molecule has 0 aromatic heterocycles. The van der Waals surface area contributed by atoms with E-state index in [1.54, 1.807) is 6.08 Å². The standard InChI is InChI=1S/C6H7N/c1-2-6(5-7)3-4-6/h2H,1,3-4H2. The van der Waals surface area contributed by atoms with Crippen LogP contribution in [0, 0.1) is 16.7 Å². The summed E-state index contributed by atoms with van der Waals surface area (Å²) in [5.74, 6) is 0. The monoisotopic (exact) mass is 93.1 g/mol.